The number of ether oxygens (including phenoxy) is 3. The van der Waals surface area contributed by atoms with Crippen LogP contribution in [0.5, 0.6) is 5.75 Å². The number of alkyl halides is 3. The number of halogens is 3. The molecule has 0 fully saturated rings. The SMILES string of the molecule is COCCOCOc1ccc(S(C)(=O)=O)cc1-c1ccc(C(F)(F)F)nc1. The van der Waals surface area contributed by atoms with Crippen molar-refractivity contribution in [2.45, 2.75) is 11.1 Å². The lowest BCUT2D eigenvalue weighted by Gasteiger charge is -2.14. The normalized spacial score (nSPS) is 12.2. The van der Waals surface area contributed by atoms with Gasteiger partial charge >= 0.3 is 6.18 Å². The third kappa shape index (κ3) is 5.91. The van der Waals surface area contributed by atoms with Gasteiger partial charge in [-0.15, -0.1) is 0 Å². The highest BCUT2D eigenvalue weighted by molar-refractivity contribution is 7.90. The maximum absolute atomic E-state index is 12.7. The Labute approximate surface area is 154 Å². The Morgan fingerprint density at radius 1 is 1.11 bits per heavy atom. The highest BCUT2D eigenvalue weighted by atomic mass is 32.2. The fourth-order valence-corrected chi connectivity index (χ4v) is 2.77. The molecule has 1 heterocycles. The summed E-state index contributed by atoms with van der Waals surface area (Å²) in [7, 11) is -2.00. The van der Waals surface area contributed by atoms with Gasteiger partial charge in [-0.2, -0.15) is 13.2 Å². The summed E-state index contributed by atoms with van der Waals surface area (Å²) >= 11 is 0. The molecule has 0 aliphatic rings. The van der Waals surface area contributed by atoms with Gasteiger partial charge in [-0.25, -0.2) is 8.42 Å². The Morgan fingerprint density at radius 3 is 2.41 bits per heavy atom. The van der Waals surface area contributed by atoms with Crippen molar-refractivity contribution in [1.82, 2.24) is 4.98 Å². The minimum atomic E-state index is -4.57. The first-order valence-corrected chi connectivity index (χ1v) is 9.59. The molecule has 6 nitrogen and oxygen atoms in total. The van der Waals surface area contributed by atoms with Gasteiger partial charge in [-0.3, -0.25) is 4.98 Å². The van der Waals surface area contributed by atoms with E-state index in [-0.39, 0.29) is 35.2 Å². The molecule has 0 saturated carbocycles. The van der Waals surface area contributed by atoms with E-state index in [4.69, 9.17) is 14.2 Å². The zero-order valence-corrected chi connectivity index (χ0v) is 15.4. The molecule has 2 rings (SSSR count). The number of nitrogens with zero attached hydrogens (tertiary/aromatic N) is 1. The zero-order chi connectivity index (χ0) is 20.1. The quantitative estimate of drug-likeness (QED) is 0.496. The molecule has 0 aliphatic heterocycles. The largest absolute Gasteiger partial charge is 0.467 e. The van der Waals surface area contributed by atoms with Crippen molar-refractivity contribution in [3.05, 3.63) is 42.2 Å². The Kier molecular flexibility index (Phi) is 6.79. The second-order valence-electron chi connectivity index (χ2n) is 5.52. The van der Waals surface area contributed by atoms with Crippen LogP contribution in [-0.4, -0.2) is 46.8 Å². The lowest BCUT2D eigenvalue weighted by molar-refractivity contribution is -0.141. The highest BCUT2D eigenvalue weighted by Gasteiger charge is 2.32. The molecule has 10 heteroatoms. The standard InChI is InChI=1S/C17H18F3NO5S/c1-24-7-8-25-11-26-15-5-4-13(27(2,22)23)9-14(15)12-3-6-16(21-10-12)17(18,19)20/h3-6,9-10H,7-8,11H2,1-2H3. The Hall–Kier alpha value is -2.17. The number of methoxy groups -OCH3 is 1. The van der Waals surface area contributed by atoms with Gasteiger partial charge in [0.25, 0.3) is 0 Å². The van der Waals surface area contributed by atoms with Gasteiger partial charge in [-0.05, 0) is 24.3 Å². The summed E-state index contributed by atoms with van der Waals surface area (Å²) in [5, 5.41) is 0. The molecule has 0 radical (unpaired) electrons. The molecule has 2 aromatic rings. The number of aromatic nitrogens is 1. The zero-order valence-electron chi connectivity index (χ0n) is 14.6. The summed E-state index contributed by atoms with van der Waals surface area (Å²) in [4.78, 5) is 3.41. The average molecular weight is 405 g/mol. The second-order valence-corrected chi connectivity index (χ2v) is 7.54. The predicted octanol–water partition coefficient (Wildman–Crippen LogP) is 3.17. The maximum atomic E-state index is 12.7. The van der Waals surface area contributed by atoms with Gasteiger partial charge in [0, 0.05) is 30.7 Å². The fraction of sp³-hybridized carbons (Fsp3) is 0.353. The van der Waals surface area contributed by atoms with Crippen LogP contribution in [0.25, 0.3) is 11.1 Å². The van der Waals surface area contributed by atoms with Crippen molar-refractivity contribution in [2.24, 2.45) is 0 Å². The number of hydrogen-bond acceptors (Lipinski definition) is 6. The van der Waals surface area contributed by atoms with E-state index < -0.39 is 21.7 Å². The molecular weight excluding hydrogens is 387 g/mol. The van der Waals surface area contributed by atoms with Crippen molar-refractivity contribution >= 4 is 9.84 Å². The molecule has 148 valence electrons. The minimum absolute atomic E-state index is 0.00468. The van der Waals surface area contributed by atoms with Crippen molar-refractivity contribution in [3.63, 3.8) is 0 Å². The smallest absolute Gasteiger partial charge is 0.433 e. The summed E-state index contributed by atoms with van der Waals surface area (Å²) in [6.45, 7) is 0.518. The molecule has 0 atom stereocenters. The van der Waals surface area contributed by atoms with E-state index in [2.05, 4.69) is 4.98 Å². The molecule has 1 aromatic carbocycles. The average Bonchev–Trinajstić information content (AvgIpc) is 2.60. The van der Waals surface area contributed by atoms with Crippen molar-refractivity contribution in [2.75, 3.05) is 33.4 Å². The number of sulfone groups is 1. The van der Waals surface area contributed by atoms with E-state index in [0.717, 1.165) is 18.5 Å². The van der Waals surface area contributed by atoms with E-state index >= 15 is 0 Å². The molecule has 0 unspecified atom stereocenters. The number of benzene rings is 1. The van der Waals surface area contributed by atoms with E-state index in [1.807, 2.05) is 0 Å². The first-order chi connectivity index (χ1) is 12.6. The van der Waals surface area contributed by atoms with Crippen LogP contribution in [0.3, 0.4) is 0 Å². The van der Waals surface area contributed by atoms with Gasteiger partial charge in [0.05, 0.1) is 18.1 Å². The number of hydrogen-bond donors (Lipinski definition) is 0. The van der Waals surface area contributed by atoms with Crippen molar-refractivity contribution in [3.8, 4) is 16.9 Å². The summed E-state index contributed by atoms with van der Waals surface area (Å²) < 4.78 is 77.2. The lowest BCUT2D eigenvalue weighted by atomic mass is 10.1. The molecular formula is C17H18F3NO5S. The Bertz CT molecular complexity index is 867. The van der Waals surface area contributed by atoms with Gasteiger partial charge in [0.15, 0.2) is 16.6 Å². The summed E-state index contributed by atoms with van der Waals surface area (Å²) in [5.41, 5.74) is -0.481. The fourth-order valence-electron chi connectivity index (χ4n) is 2.12. The summed E-state index contributed by atoms with van der Waals surface area (Å²) in [6, 6.07) is 6.12. The third-order valence-corrected chi connectivity index (χ3v) is 4.58. The first-order valence-electron chi connectivity index (χ1n) is 7.70. The van der Waals surface area contributed by atoms with Crippen LogP contribution < -0.4 is 4.74 Å². The first kappa shape index (κ1) is 21.1. The van der Waals surface area contributed by atoms with Crippen LogP contribution in [0.1, 0.15) is 5.69 Å². The lowest BCUT2D eigenvalue weighted by Crippen LogP contribution is -2.09. The van der Waals surface area contributed by atoms with Crippen molar-refractivity contribution in [1.29, 1.82) is 0 Å². The van der Waals surface area contributed by atoms with Crippen LogP contribution in [0, 0.1) is 0 Å². The van der Waals surface area contributed by atoms with Crippen LogP contribution in [0.2, 0.25) is 0 Å². The molecule has 0 amide bonds. The number of rotatable bonds is 8. The molecule has 0 N–H and O–H groups in total. The third-order valence-electron chi connectivity index (χ3n) is 3.47. The molecule has 0 spiro atoms. The predicted molar refractivity (Wildman–Crippen MR) is 91.1 cm³/mol. The molecule has 0 bridgehead atoms. The monoisotopic (exact) mass is 405 g/mol. The van der Waals surface area contributed by atoms with E-state index in [9.17, 15) is 21.6 Å². The molecule has 0 aliphatic carbocycles. The second kappa shape index (κ2) is 8.68. The molecule has 0 saturated heterocycles. The summed E-state index contributed by atoms with van der Waals surface area (Å²) in [6.07, 6.45) is -2.52. The van der Waals surface area contributed by atoms with Gasteiger partial charge in [0.2, 0.25) is 0 Å². The van der Waals surface area contributed by atoms with Crippen molar-refractivity contribution < 1.29 is 35.8 Å². The van der Waals surface area contributed by atoms with Crippen LogP contribution in [0.15, 0.2) is 41.4 Å². The van der Waals surface area contributed by atoms with E-state index in [1.54, 1.807) is 0 Å². The topological polar surface area (TPSA) is 74.7 Å². The minimum Gasteiger partial charge on any atom is -0.467 e. The molecule has 27 heavy (non-hydrogen) atoms. The number of pyridine rings is 1. The van der Waals surface area contributed by atoms with E-state index in [1.165, 1.54) is 31.4 Å². The van der Waals surface area contributed by atoms with Crippen LogP contribution >= 0.6 is 0 Å². The molecule has 1 aromatic heterocycles. The Balaban J connectivity index is 2.35. The van der Waals surface area contributed by atoms with E-state index in [0.29, 0.717) is 6.61 Å². The van der Waals surface area contributed by atoms with Gasteiger partial charge in [-0.1, -0.05) is 6.07 Å². The van der Waals surface area contributed by atoms with Gasteiger partial charge in [0.1, 0.15) is 11.4 Å². The Morgan fingerprint density at radius 2 is 1.85 bits per heavy atom. The highest BCUT2D eigenvalue weighted by Crippen LogP contribution is 2.34. The maximum Gasteiger partial charge on any atom is 0.433 e. The van der Waals surface area contributed by atoms with Crippen LogP contribution in [0.4, 0.5) is 13.2 Å². The van der Waals surface area contributed by atoms with Gasteiger partial charge < -0.3 is 14.2 Å². The van der Waals surface area contributed by atoms with Crippen LogP contribution in [-0.2, 0) is 25.5 Å². The summed E-state index contributed by atoms with van der Waals surface area (Å²) in [5.74, 6) is 0.251.